The Balaban J connectivity index is 1.98. The normalized spacial score (nSPS) is 18.6. The number of aromatic nitrogens is 1. The van der Waals surface area contributed by atoms with Crippen LogP contribution in [0.3, 0.4) is 0 Å². The Morgan fingerprint density at radius 2 is 2.11 bits per heavy atom. The Labute approximate surface area is 112 Å². The molecule has 0 radical (unpaired) electrons. The van der Waals surface area contributed by atoms with Crippen molar-refractivity contribution >= 4 is 5.91 Å². The second-order valence-corrected chi connectivity index (χ2v) is 5.03. The molecule has 0 bridgehead atoms. The van der Waals surface area contributed by atoms with E-state index in [4.69, 9.17) is 9.52 Å². The standard InChI is InChI=1S/C13H20N2O4/c1-8-12(19-9(2)14-8)13(18)15-5-3-10(4-6-15)11(17)7-16/h10-11,16-17H,3-7H2,1-2H3. The SMILES string of the molecule is Cc1nc(C)c(C(=O)N2CCC(C(O)CO)CC2)o1. The van der Waals surface area contributed by atoms with Gasteiger partial charge >= 0.3 is 0 Å². The molecule has 1 aromatic rings. The van der Waals surface area contributed by atoms with Gasteiger partial charge in [-0.05, 0) is 25.7 Å². The molecular formula is C13H20N2O4. The number of amides is 1. The summed E-state index contributed by atoms with van der Waals surface area (Å²) in [5.41, 5.74) is 0.611. The second kappa shape index (κ2) is 5.71. The fraction of sp³-hybridized carbons (Fsp3) is 0.692. The topological polar surface area (TPSA) is 86.8 Å². The number of aryl methyl sites for hydroxylation is 2. The molecule has 1 unspecified atom stereocenters. The molecule has 106 valence electrons. The van der Waals surface area contributed by atoms with E-state index < -0.39 is 6.10 Å². The first-order valence-corrected chi connectivity index (χ1v) is 6.55. The number of oxazole rings is 1. The molecular weight excluding hydrogens is 248 g/mol. The Hall–Kier alpha value is -1.40. The number of aliphatic hydroxyl groups is 2. The zero-order chi connectivity index (χ0) is 14.0. The molecule has 1 aliphatic heterocycles. The monoisotopic (exact) mass is 268 g/mol. The predicted octanol–water partition coefficient (Wildman–Crippen LogP) is 0.497. The van der Waals surface area contributed by atoms with E-state index in [1.54, 1.807) is 18.7 Å². The zero-order valence-electron chi connectivity index (χ0n) is 11.3. The molecule has 2 heterocycles. The van der Waals surface area contributed by atoms with Gasteiger partial charge in [0.05, 0.1) is 18.4 Å². The first-order valence-electron chi connectivity index (χ1n) is 6.55. The molecule has 1 saturated heterocycles. The van der Waals surface area contributed by atoms with E-state index in [-0.39, 0.29) is 18.4 Å². The molecule has 1 fully saturated rings. The Kier molecular flexibility index (Phi) is 4.21. The molecule has 19 heavy (non-hydrogen) atoms. The quantitative estimate of drug-likeness (QED) is 0.833. The van der Waals surface area contributed by atoms with Gasteiger partial charge < -0.3 is 19.5 Å². The van der Waals surface area contributed by atoms with Crippen molar-refractivity contribution in [1.82, 2.24) is 9.88 Å². The minimum atomic E-state index is -0.688. The molecule has 6 heteroatoms. The fourth-order valence-electron chi connectivity index (χ4n) is 2.51. The van der Waals surface area contributed by atoms with Crippen LogP contribution in [0.5, 0.6) is 0 Å². The molecule has 1 aliphatic rings. The Bertz CT molecular complexity index is 449. The van der Waals surface area contributed by atoms with Crippen LogP contribution in [0.15, 0.2) is 4.42 Å². The van der Waals surface area contributed by atoms with Gasteiger partial charge in [-0.1, -0.05) is 0 Å². The number of carbonyl (C=O) groups excluding carboxylic acids is 1. The molecule has 1 aromatic heterocycles. The van der Waals surface area contributed by atoms with Gasteiger partial charge in [-0.15, -0.1) is 0 Å². The molecule has 1 amide bonds. The van der Waals surface area contributed by atoms with Crippen molar-refractivity contribution in [2.24, 2.45) is 5.92 Å². The average Bonchev–Trinajstić information content (AvgIpc) is 2.76. The van der Waals surface area contributed by atoms with Gasteiger partial charge in [0.25, 0.3) is 5.91 Å². The molecule has 0 saturated carbocycles. The van der Waals surface area contributed by atoms with Crippen molar-refractivity contribution in [3.63, 3.8) is 0 Å². The highest BCUT2D eigenvalue weighted by Gasteiger charge is 2.29. The number of nitrogens with zero attached hydrogens (tertiary/aromatic N) is 2. The summed E-state index contributed by atoms with van der Waals surface area (Å²) < 4.78 is 5.33. The maximum atomic E-state index is 12.3. The number of likely N-dealkylation sites (tertiary alicyclic amines) is 1. The highest BCUT2D eigenvalue weighted by atomic mass is 16.4. The second-order valence-electron chi connectivity index (χ2n) is 5.03. The first kappa shape index (κ1) is 14.0. The summed E-state index contributed by atoms with van der Waals surface area (Å²) in [7, 11) is 0. The molecule has 1 atom stereocenters. The van der Waals surface area contributed by atoms with E-state index in [9.17, 15) is 9.90 Å². The minimum Gasteiger partial charge on any atom is -0.436 e. The van der Waals surface area contributed by atoms with E-state index in [1.165, 1.54) is 0 Å². The van der Waals surface area contributed by atoms with Crippen molar-refractivity contribution in [2.75, 3.05) is 19.7 Å². The predicted molar refractivity (Wildman–Crippen MR) is 67.7 cm³/mol. The van der Waals surface area contributed by atoms with Crippen molar-refractivity contribution in [3.05, 3.63) is 17.3 Å². The van der Waals surface area contributed by atoms with E-state index >= 15 is 0 Å². The van der Waals surface area contributed by atoms with Gasteiger partial charge in [-0.3, -0.25) is 4.79 Å². The summed E-state index contributed by atoms with van der Waals surface area (Å²) in [6.45, 7) is 4.39. The van der Waals surface area contributed by atoms with E-state index in [0.717, 1.165) is 0 Å². The molecule has 2 rings (SSSR count). The lowest BCUT2D eigenvalue weighted by Gasteiger charge is -2.33. The summed E-state index contributed by atoms with van der Waals surface area (Å²) in [5.74, 6) is 0.715. The minimum absolute atomic E-state index is 0.0617. The van der Waals surface area contributed by atoms with E-state index in [1.807, 2.05) is 0 Å². The Morgan fingerprint density at radius 1 is 1.47 bits per heavy atom. The maximum absolute atomic E-state index is 12.3. The summed E-state index contributed by atoms with van der Waals surface area (Å²) in [5, 5.41) is 18.5. The first-order chi connectivity index (χ1) is 9.02. The fourth-order valence-corrected chi connectivity index (χ4v) is 2.51. The number of hydrogen-bond acceptors (Lipinski definition) is 5. The van der Waals surface area contributed by atoms with Gasteiger partial charge in [0.15, 0.2) is 5.89 Å². The number of rotatable bonds is 3. The van der Waals surface area contributed by atoms with Crippen LogP contribution in [0.2, 0.25) is 0 Å². The number of carbonyl (C=O) groups is 1. The Morgan fingerprint density at radius 3 is 2.58 bits per heavy atom. The molecule has 2 N–H and O–H groups in total. The van der Waals surface area contributed by atoms with Crippen LogP contribution >= 0.6 is 0 Å². The molecule has 0 aromatic carbocycles. The smallest absolute Gasteiger partial charge is 0.291 e. The molecule has 0 aliphatic carbocycles. The summed E-state index contributed by atoms with van der Waals surface area (Å²) in [6, 6.07) is 0. The summed E-state index contributed by atoms with van der Waals surface area (Å²) in [4.78, 5) is 18.1. The van der Waals surface area contributed by atoms with Gasteiger partial charge in [0.2, 0.25) is 5.76 Å². The lowest BCUT2D eigenvalue weighted by molar-refractivity contribution is 0.0171. The third-order valence-electron chi connectivity index (χ3n) is 3.66. The number of aliphatic hydroxyl groups excluding tert-OH is 2. The van der Waals surface area contributed by atoms with Gasteiger partial charge in [0, 0.05) is 20.0 Å². The van der Waals surface area contributed by atoms with Gasteiger partial charge in [-0.2, -0.15) is 0 Å². The summed E-state index contributed by atoms with van der Waals surface area (Å²) >= 11 is 0. The largest absolute Gasteiger partial charge is 0.436 e. The lowest BCUT2D eigenvalue weighted by atomic mass is 9.91. The van der Waals surface area contributed by atoms with E-state index in [2.05, 4.69) is 4.98 Å². The molecule has 0 spiro atoms. The van der Waals surface area contributed by atoms with Gasteiger partial charge in [-0.25, -0.2) is 4.98 Å². The van der Waals surface area contributed by atoms with Crippen LogP contribution in [0.1, 0.15) is 35.0 Å². The van der Waals surface area contributed by atoms with Gasteiger partial charge in [0.1, 0.15) is 0 Å². The highest BCUT2D eigenvalue weighted by molar-refractivity contribution is 5.92. The van der Waals surface area contributed by atoms with Crippen molar-refractivity contribution < 1.29 is 19.4 Å². The van der Waals surface area contributed by atoms with Crippen LogP contribution in [0.4, 0.5) is 0 Å². The highest BCUT2D eigenvalue weighted by Crippen LogP contribution is 2.23. The zero-order valence-corrected chi connectivity index (χ0v) is 11.3. The number of hydrogen-bond donors (Lipinski definition) is 2. The third kappa shape index (κ3) is 2.96. The van der Waals surface area contributed by atoms with E-state index in [0.29, 0.717) is 43.3 Å². The van der Waals surface area contributed by atoms with Crippen LogP contribution < -0.4 is 0 Å². The third-order valence-corrected chi connectivity index (χ3v) is 3.66. The number of piperidine rings is 1. The molecule has 6 nitrogen and oxygen atoms in total. The van der Waals surface area contributed by atoms with Crippen molar-refractivity contribution in [3.8, 4) is 0 Å². The van der Waals surface area contributed by atoms with Crippen molar-refractivity contribution in [1.29, 1.82) is 0 Å². The van der Waals surface area contributed by atoms with Crippen LogP contribution in [-0.4, -0.2) is 51.8 Å². The van der Waals surface area contributed by atoms with Crippen LogP contribution in [-0.2, 0) is 0 Å². The van der Waals surface area contributed by atoms with Crippen LogP contribution in [0, 0.1) is 19.8 Å². The lowest BCUT2D eigenvalue weighted by Crippen LogP contribution is -2.42. The van der Waals surface area contributed by atoms with Crippen molar-refractivity contribution in [2.45, 2.75) is 32.8 Å². The van der Waals surface area contributed by atoms with Crippen LogP contribution in [0.25, 0.3) is 0 Å². The maximum Gasteiger partial charge on any atom is 0.291 e. The average molecular weight is 268 g/mol. The summed E-state index contributed by atoms with van der Waals surface area (Å²) in [6.07, 6.45) is 0.700.